The maximum atomic E-state index is 14.4. The van der Waals surface area contributed by atoms with E-state index in [0.717, 1.165) is 25.1 Å². The zero-order chi connectivity index (χ0) is 29.1. The molecular formula is C28H22Cl3F2N3O5. The van der Waals surface area contributed by atoms with E-state index >= 15 is 0 Å². The Bertz CT molecular complexity index is 1560. The Morgan fingerprint density at radius 1 is 1.10 bits per heavy atom. The number of pyridine rings is 1. The van der Waals surface area contributed by atoms with Crippen LogP contribution in [0.1, 0.15) is 34.3 Å². The standard InChI is InChI=1S/C28H22Cl3F2N3O5/c29-19-8-16(3-4-18(19)28(39)11-36(12-28)26-22(33)5-14(9-34-26)27(37)38)40-10-17-24(35-41-25(17)13-1-2-13)23-20(30)6-15(32)7-21(23)31/h3-9,13,17,25,39H,1-2,10-12H2,(H,37,38). The van der Waals surface area contributed by atoms with Crippen LogP contribution in [0.25, 0.3) is 0 Å². The van der Waals surface area contributed by atoms with Crippen LogP contribution in [0.3, 0.4) is 0 Å². The van der Waals surface area contributed by atoms with Crippen molar-refractivity contribution in [3.63, 3.8) is 0 Å². The highest BCUT2D eigenvalue weighted by Crippen LogP contribution is 2.44. The summed E-state index contributed by atoms with van der Waals surface area (Å²) in [5.74, 6) is -2.27. The second kappa shape index (κ2) is 10.6. The number of β-amino-alcohol motifs (C(OH)–C–C–N with tert-alkyl or cyclic N) is 1. The summed E-state index contributed by atoms with van der Waals surface area (Å²) in [6, 6.07) is 8.12. The van der Waals surface area contributed by atoms with Crippen LogP contribution >= 0.6 is 34.8 Å². The van der Waals surface area contributed by atoms with E-state index in [9.17, 15) is 18.7 Å². The smallest absolute Gasteiger partial charge is 0.337 e. The Hall–Kier alpha value is -3.18. The molecule has 3 heterocycles. The predicted molar refractivity (Wildman–Crippen MR) is 148 cm³/mol. The molecule has 3 aliphatic rings. The van der Waals surface area contributed by atoms with Gasteiger partial charge in [-0.2, -0.15) is 0 Å². The van der Waals surface area contributed by atoms with Gasteiger partial charge >= 0.3 is 5.97 Å². The number of anilines is 1. The van der Waals surface area contributed by atoms with Gasteiger partial charge in [-0.1, -0.05) is 46.0 Å². The fourth-order valence-electron chi connectivity index (χ4n) is 5.28. The van der Waals surface area contributed by atoms with Crippen molar-refractivity contribution in [1.82, 2.24) is 4.98 Å². The molecule has 1 aromatic heterocycles. The number of carboxylic acids is 1. The van der Waals surface area contributed by atoms with Crippen molar-refractivity contribution in [2.45, 2.75) is 24.5 Å². The minimum Gasteiger partial charge on any atom is -0.493 e. The highest BCUT2D eigenvalue weighted by Gasteiger charge is 2.47. The van der Waals surface area contributed by atoms with Crippen LogP contribution in [0.4, 0.5) is 14.6 Å². The molecule has 1 saturated carbocycles. The molecule has 214 valence electrons. The first-order valence-electron chi connectivity index (χ1n) is 12.7. The number of ether oxygens (including phenoxy) is 1. The van der Waals surface area contributed by atoms with E-state index in [1.807, 2.05) is 0 Å². The van der Waals surface area contributed by atoms with Crippen molar-refractivity contribution < 1.29 is 33.4 Å². The summed E-state index contributed by atoms with van der Waals surface area (Å²) in [7, 11) is 0. The minimum absolute atomic E-state index is 0.00472. The van der Waals surface area contributed by atoms with Gasteiger partial charge < -0.3 is 24.7 Å². The lowest BCUT2D eigenvalue weighted by Gasteiger charge is -2.47. The van der Waals surface area contributed by atoms with Gasteiger partial charge in [0.1, 0.15) is 35.6 Å². The average molecular weight is 625 g/mol. The Labute approximate surface area is 248 Å². The summed E-state index contributed by atoms with van der Waals surface area (Å²) in [5.41, 5.74) is -0.324. The highest BCUT2D eigenvalue weighted by molar-refractivity contribution is 6.40. The second-order valence-corrected chi connectivity index (χ2v) is 11.6. The van der Waals surface area contributed by atoms with E-state index in [2.05, 4.69) is 10.1 Å². The van der Waals surface area contributed by atoms with E-state index in [4.69, 9.17) is 49.5 Å². The maximum Gasteiger partial charge on any atom is 0.337 e. The van der Waals surface area contributed by atoms with E-state index in [-0.39, 0.29) is 58.2 Å². The quantitative estimate of drug-likeness (QED) is 0.320. The molecular weight excluding hydrogens is 603 g/mol. The largest absolute Gasteiger partial charge is 0.493 e. The zero-order valence-electron chi connectivity index (χ0n) is 21.2. The molecule has 0 radical (unpaired) electrons. The first-order valence-corrected chi connectivity index (χ1v) is 13.8. The van der Waals surface area contributed by atoms with Crippen LogP contribution in [-0.2, 0) is 10.4 Å². The second-order valence-electron chi connectivity index (χ2n) is 10.4. The van der Waals surface area contributed by atoms with Gasteiger partial charge in [0.25, 0.3) is 0 Å². The molecule has 1 saturated heterocycles. The molecule has 0 spiro atoms. The third kappa shape index (κ3) is 5.30. The first kappa shape index (κ1) is 28.0. The van der Waals surface area contributed by atoms with Crippen molar-refractivity contribution >= 4 is 52.3 Å². The molecule has 8 nitrogen and oxygen atoms in total. The molecule has 0 amide bonds. The van der Waals surface area contributed by atoms with Crippen molar-refractivity contribution in [2.24, 2.45) is 17.0 Å². The van der Waals surface area contributed by atoms with Crippen LogP contribution in [0, 0.1) is 23.5 Å². The number of rotatable bonds is 8. The van der Waals surface area contributed by atoms with Gasteiger partial charge in [-0.25, -0.2) is 18.6 Å². The zero-order valence-corrected chi connectivity index (χ0v) is 23.4. The molecule has 3 aromatic rings. The minimum atomic E-state index is -1.37. The molecule has 6 rings (SSSR count). The molecule has 0 bridgehead atoms. The van der Waals surface area contributed by atoms with Crippen LogP contribution in [0.15, 0.2) is 47.8 Å². The Balaban J connectivity index is 1.16. The van der Waals surface area contributed by atoms with Crippen molar-refractivity contribution in [1.29, 1.82) is 0 Å². The van der Waals surface area contributed by atoms with E-state index in [1.165, 1.54) is 17.0 Å². The third-order valence-electron chi connectivity index (χ3n) is 7.51. The van der Waals surface area contributed by atoms with Gasteiger partial charge in [-0.05, 0) is 49.1 Å². The highest BCUT2D eigenvalue weighted by atomic mass is 35.5. The van der Waals surface area contributed by atoms with Gasteiger partial charge in [0.2, 0.25) is 0 Å². The normalized spacial score (nSPS) is 21.2. The summed E-state index contributed by atoms with van der Waals surface area (Å²) >= 11 is 19.2. The number of aromatic nitrogens is 1. The number of aliphatic hydroxyl groups is 1. The average Bonchev–Trinajstić information content (AvgIpc) is 3.65. The summed E-state index contributed by atoms with van der Waals surface area (Å²) in [6.45, 7) is 0.171. The Morgan fingerprint density at radius 3 is 2.41 bits per heavy atom. The number of hydrogen-bond acceptors (Lipinski definition) is 7. The van der Waals surface area contributed by atoms with E-state index in [1.54, 1.807) is 18.2 Å². The first-order chi connectivity index (χ1) is 19.5. The molecule has 13 heteroatoms. The Morgan fingerprint density at radius 2 is 1.80 bits per heavy atom. The van der Waals surface area contributed by atoms with Gasteiger partial charge in [0.05, 0.1) is 39.6 Å². The predicted octanol–water partition coefficient (Wildman–Crippen LogP) is 5.93. The molecule has 2 N–H and O–H groups in total. The number of carboxylic acid groups (broad SMARTS) is 1. The van der Waals surface area contributed by atoms with Gasteiger partial charge in [-0.3, -0.25) is 0 Å². The Kier molecular flexibility index (Phi) is 7.22. The van der Waals surface area contributed by atoms with Gasteiger partial charge in [0, 0.05) is 17.3 Å². The summed E-state index contributed by atoms with van der Waals surface area (Å²) < 4.78 is 34.3. The van der Waals surface area contributed by atoms with E-state index in [0.29, 0.717) is 28.5 Å². The molecule has 1 aliphatic carbocycles. The monoisotopic (exact) mass is 623 g/mol. The van der Waals surface area contributed by atoms with E-state index < -0.39 is 23.2 Å². The van der Waals surface area contributed by atoms with Gasteiger partial charge in [0.15, 0.2) is 11.6 Å². The van der Waals surface area contributed by atoms with Crippen molar-refractivity contribution in [2.75, 3.05) is 24.6 Å². The fourth-order valence-corrected chi connectivity index (χ4v) is 6.28. The summed E-state index contributed by atoms with van der Waals surface area (Å²) in [4.78, 5) is 22.2. The molecule has 2 aromatic carbocycles. The summed E-state index contributed by atoms with van der Waals surface area (Å²) in [5, 5.41) is 24.9. The van der Waals surface area contributed by atoms with Crippen LogP contribution in [0.5, 0.6) is 5.75 Å². The third-order valence-corrected chi connectivity index (χ3v) is 8.42. The van der Waals surface area contributed by atoms with Crippen LogP contribution < -0.4 is 9.64 Å². The number of carbonyl (C=O) groups is 1. The maximum absolute atomic E-state index is 14.4. The lowest BCUT2D eigenvalue weighted by Crippen LogP contribution is -2.60. The lowest BCUT2D eigenvalue weighted by molar-refractivity contribution is 0.00668. The SMILES string of the molecule is O=C(O)c1cnc(N2CC(O)(c3ccc(OCC4C(c5c(Cl)cc(F)cc5Cl)=NOC4C4CC4)cc3Cl)C2)c(F)c1. The lowest BCUT2D eigenvalue weighted by atomic mass is 9.86. The number of aromatic carboxylic acids is 1. The number of benzene rings is 2. The van der Waals surface area contributed by atoms with Crippen molar-refractivity contribution in [3.05, 3.63) is 86.0 Å². The number of hydrogen-bond donors (Lipinski definition) is 2. The summed E-state index contributed by atoms with van der Waals surface area (Å²) in [6.07, 6.45) is 2.81. The topological polar surface area (TPSA) is 104 Å². The van der Waals surface area contributed by atoms with Crippen molar-refractivity contribution in [3.8, 4) is 5.75 Å². The fraction of sp³-hybridized carbons (Fsp3) is 0.321. The molecule has 2 unspecified atom stereocenters. The van der Waals surface area contributed by atoms with Crippen LogP contribution in [0.2, 0.25) is 15.1 Å². The number of nitrogens with zero attached hydrogens (tertiary/aromatic N) is 3. The van der Waals surface area contributed by atoms with Crippen LogP contribution in [-0.4, -0.2) is 52.7 Å². The molecule has 2 fully saturated rings. The number of oxime groups is 1. The molecule has 41 heavy (non-hydrogen) atoms. The number of halogens is 5. The van der Waals surface area contributed by atoms with Gasteiger partial charge in [-0.15, -0.1) is 0 Å². The molecule has 2 aliphatic heterocycles. The molecule has 2 atom stereocenters.